The topological polar surface area (TPSA) is 60.9 Å². The number of allylic oxidation sites excluding steroid dienone is 1. The summed E-state index contributed by atoms with van der Waals surface area (Å²) in [5, 5.41) is 9.21. The Morgan fingerprint density at radius 1 is 1.32 bits per heavy atom. The molecule has 0 bridgehead atoms. The fraction of sp³-hybridized carbons (Fsp3) is 0.167. The highest BCUT2D eigenvalue weighted by atomic mass is 127. The van der Waals surface area contributed by atoms with E-state index in [1.165, 1.54) is 11.8 Å². The largest absolute Gasteiger partial charge is 0.469 e. The van der Waals surface area contributed by atoms with Crippen molar-refractivity contribution in [2.24, 2.45) is 0 Å². The molecule has 0 spiro atoms. The Morgan fingerprint density at radius 2 is 2.08 bits per heavy atom. The summed E-state index contributed by atoms with van der Waals surface area (Å²) in [5.74, 6) is 1.87. The molecule has 0 radical (unpaired) electrons. The first kappa shape index (κ1) is 17.9. The Balaban J connectivity index is 1.79. The van der Waals surface area contributed by atoms with Gasteiger partial charge in [-0.3, -0.25) is 9.36 Å². The Bertz CT molecular complexity index is 899. The Hall–Kier alpha value is -1.87. The molecule has 5 nitrogen and oxygen atoms in total. The van der Waals surface area contributed by atoms with E-state index >= 15 is 0 Å². The molecule has 128 valence electrons. The summed E-state index contributed by atoms with van der Waals surface area (Å²) in [5.41, 5.74) is 1.60. The van der Waals surface area contributed by atoms with Crippen LogP contribution in [0.3, 0.4) is 0 Å². The van der Waals surface area contributed by atoms with E-state index in [0.29, 0.717) is 23.0 Å². The monoisotopic (exact) mass is 465 g/mol. The van der Waals surface area contributed by atoms with Gasteiger partial charge < -0.3 is 4.42 Å². The number of ketones is 1. The second-order valence-corrected chi connectivity index (χ2v) is 7.50. The first-order valence-electron chi connectivity index (χ1n) is 7.60. The SMILES string of the molecule is C=CCn1c(SCC(=O)c2ccc(I)cc2)nnc1-c1ccoc1C. The van der Waals surface area contributed by atoms with Gasteiger partial charge in [0.05, 0.1) is 17.6 Å². The molecule has 0 atom stereocenters. The minimum atomic E-state index is 0.0654. The first-order valence-corrected chi connectivity index (χ1v) is 9.66. The maximum atomic E-state index is 12.4. The summed E-state index contributed by atoms with van der Waals surface area (Å²) in [6.07, 6.45) is 3.41. The van der Waals surface area contributed by atoms with Crippen LogP contribution >= 0.6 is 34.4 Å². The smallest absolute Gasteiger partial charge is 0.192 e. The molecule has 0 saturated carbocycles. The highest BCUT2D eigenvalue weighted by Gasteiger charge is 2.18. The van der Waals surface area contributed by atoms with Gasteiger partial charge in [0, 0.05) is 15.7 Å². The lowest BCUT2D eigenvalue weighted by molar-refractivity contribution is 0.102. The zero-order chi connectivity index (χ0) is 17.8. The number of nitrogens with zero attached hydrogens (tertiary/aromatic N) is 3. The number of Topliss-reactive ketones (excluding diaryl/α,β-unsaturated/α-hetero) is 1. The predicted molar refractivity (Wildman–Crippen MR) is 107 cm³/mol. The minimum absolute atomic E-state index is 0.0654. The molecule has 1 aromatic carbocycles. The van der Waals surface area contributed by atoms with E-state index in [-0.39, 0.29) is 5.78 Å². The van der Waals surface area contributed by atoms with Gasteiger partial charge in [0.2, 0.25) is 0 Å². The zero-order valence-corrected chi connectivity index (χ0v) is 16.6. The lowest BCUT2D eigenvalue weighted by atomic mass is 10.2. The molecule has 25 heavy (non-hydrogen) atoms. The van der Waals surface area contributed by atoms with Crippen LogP contribution in [-0.2, 0) is 6.54 Å². The third-order valence-corrected chi connectivity index (χ3v) is 5.31. The number of aryl methyl sites for hydroxylation is 1. The summed E-state index contributed by atoms with van der Waals surface area (Å²) < 4.78 is 8.40. The molecule has 0 aliphatic rings. The fourth-order valence-corrected chi connectivity index (χ4v) is 3.56. The number of halogens is 1. The van der Waals surface area contributed by atoms with Gasteiger partial charge >= 0.3 is 0 Å². The van der Waals surface area contributed by atoms with Gasteiger partial charge in [0.25, 0.3) is 0 Å². The fourth-order valence-electron chi connectivity index (χ4n) is 2.35. The summed E-state index contributed by atoms with van der Waals surface area (Å²) in [6, 6.07) is 9.42. The van der Waals surface area contributed by atoms with Crippen LogP contribution in [0.5, 0.6) is 0 Å². The van der Waals surface area contributed by atoms with E-state index in [0.717, 1.165) is 20.7 Å². The van der Waals surface area contributed by atoms with Gasteiger partial charge in [-0.2, -0.15) is 0 Å². The average Bonchev–Trinajstić information content (AvgIpc) is 3.19. The summed E-state index contributed by atoms with van der Waals surface area (Å²) >= 11 is 3.60. The number of thioether (sulfide) groups is 1. The molecule has 7 heteroatoms. The van der Waals surface area contributed by atoms with Crippen molar-refractivity contribution in [1.82, 2.24) is 14.8 Å². The van der Waals surface area contributed by atoms with Crippen molar-refractivity contribution in [1.29, 1.82) is 0 Å². The lowest BCUT2D eigenvalue weighted by Gasteiger charge is -2.07. The molecule has 0 saturated heterocycles. The normalized spacial score (nSPS) is 10.8. The zero-order valence-electron chi connectivity index (χ0n) is 13.6. The van der Waals surface area contributed by atoms with Crippen LogP contribution < -0.4 is 0 Å². The molecule has 0 aliphatic heterocycles. The van der Waals surface area contributed by atoms with Crippen LogP contribution in [0.2, 0.25) is 0 Å². The van der Waals surface area contributed by atoms with Crippen molar-refractivity contribution in [2.45, 2.75) is 18.6 Å². The van der Waals surface area contributed by atoms with E-state index in [1.807, 2.05) is 41.8 Å². The van der Waals surface area contributed by atoms with Crippen molar-refractivity contribution < 1.29 is 9.21 Å². The quantitative estimate of drug-likeness (QED) is 0.221. The van der Waals surface area contributed by atoms with Crippen LogP contribution in [0.25, 0.3) is 11.4 Å². The molecular weight excluding hydrogens is 449 g/mol. The number of hydrogen-bond acceptors (Lipinski definition) is 5. The molecule has 0 unspecified atom stereocenters. The van der Waals surface area contributed by atoms with Gasteiger partial charge in [-0.05, 0) is 47.7 Å². The van der Waals surface area contributed by atoms with E-state index in [9.17, 15) is 4.79 Å². The van der Waals surface area contributed by atoms with Gasteiger partial charge in [-0.15, -0.1) is 16.8 Å². The second kappa shape index (κ2) is 8.01. The van der Waals surface area contributed by atoms with Gasteiger partial charge in [0.1, 0.15) is 5.76 Å². The number of furan rings is 1. The second-order valence-electron chi connectivity index (χ2n) is 5.31. The average molecular weight is 465 g/mol. The molecule has 3 rings (SSSR count). The third-order valence-electron chi connectivity index (χ3n) is 3.63. The Kier molecular flexibility index (Phi) is 5.74. The summed E-state index contributed by atoms with van der Waals surface area (Å²) in [4.78, 5) is 12.4. The molecule has 0 aliphatic carbocycles. The number of rotatable bonds is 7. The highest BCUT2D eigenvalue weighted by Crippen LogP contribution is 2.27. The van der Waals surface area contributed by atoms with Gasteiger partial charge in [-0.1, -0.05) is 30.0 Å². The maximum Gasteiger partial charge on any atom is 0.192 e. The molecule has 3 aromatic rings. The molecule has 2 aromatic heterocycles. The van der Waals surface area contributed by atoms with Gasteiger partial charge in [-0.25, -0.2) is 0 Å². The molecular formula is C18H16IN3O2S. The molecule has 0 amide bonds. The number of benzene rings is 1. The van der Waals surface area contributed by atoms with Crippen molar-refractivity contribution in [3.8, 4) is 11.4 Å². The molecule has 0 fully saturated rings. The number of hydrogen-bond donors (Lipinski definition) is 0. The van der Waals surface area contributed by atoms with Crippen molar-refractivity contribution in [3.05, 3.63) is 64.1 Å². The van der Waals surface area contributed by atoms with E-state index in [1.54, 1.807) is 12.3 Å². The van der Waals surface area contributed by atoms with Crippen molar-refractivity contribution in [3.63, 3.8) is 0 Å². The maximum absolute atomic E-state index is 12.4. The van der Waals surface area contributed by atoms with Gasteiger partial charge in [0.15, 0.2) is 16.8 Å². The molecule has 2 heterocycles. The lowest BCUT2D eigenvalue weighted by Crippen LogP contribution is -2.05. The van der Waals surface area contributed by atoms with Crippen LogP contribution in [0.1, 0.15) is 16.1 Å². The predicted octanol–water partition coefficient (Wildman–Crippen LogP) is 4.61. The van der Waals surface area contributed by atoms with Crippen molar-refractivity contribution >= 4 is 40.1 Å². The molecule has 0 N–H and O–H groups in total. The van der Waals surface area contributed by atoms with Crippen LogP contribution in [0.4, 0.5) is 0 Å². The summed E-state index contributed by atoms with van der Waals surface area (Å²) in [7, 11) is 0. The van der Waals surface area contributed by atoms with Crippen LogP contribution in [0.15, 0.2) is 58.8 Å². The van der Waals surface area contributed by atoms with E-state index in [2.05, 4.69) is 39.4 Å². The van der Waals surface area contributed by atoms with Crippen LogP contribution in [-0.4, -0.2) is 26.3 Å². The number of carbonyl (C=O) groups excluding carboxylic acids is 1. The minimum Gasteiger partial charge on any atom is -0.469 e. The standard InChI is InChI=1S/C18H16IN3O2S/c1-3-9-22-17(15-8-10-24-12(15)2)20-21-18(22)25-11-16(23)13-4-6-14(19)7-5-13/h3-8,10H,1,9,11H2,2H3. The number of aromatic nitrogens is 3. The van der Waals surface area contributed by atoms with Crippen LogP contribution in [0, 0.1) is 10.5 Å². The van der Waals surface area contributed by atoms with Crippen molar-refractivity contribution in [2.75, 3.05) is 5.75 Å². The number of carbonyl (C=O) groups is 1. The Morgan fingerprint density at radius 3 is 2.72 bits per heavy atom. The summed E-state index contributed by atoms with van der Waals surface area (Å²) in [6.45, 7) is 6.24. The Labute approximate surface area is 163 Å². The van der Waals surface area contributed by atoms with E-state index < -0.39 is 0 Å². The highest BCUT2D eigenvalue weighted by molar-refractivity contribution is 14.1. The third kappa shape index (κ3) is 4.04. The first-order chi connectivity index (χ1) is 12.1. The van der Waals surface area contributed by atoms with E-state index in [4.69, 9.17) is 4.42 Å².